The topological polar surface area (TPSA) is 80.4 Å². The predicted molar refractivity (Wildman–Crippen MR) is 75.4 cm³/mol. The fraction of sp³-hybridized carbons (Fsp3) is 0.0714. The van der Waals surface area contributed by atoms with E-state index in [4.69, 9.17) is 5.11 Å². The van der Waals surface area contributed by atoms with Gasteiger partial charge in [0.15, 0.2) is 0 Å². The number of nitro groups is 1. The van der Waals surface area contributed by atoms with Gasteiger partial charge in [0.05, 0.1) is 15.4 Å². The highest BCUT2D eigenvalue weighted by molar-refractivity contribution is 7.99. The van der Waals surface area contributed by atoms with Crippen LogP contribution in [0.4, 0.5) is 5.69 Å². The number of carbonyl (C=O) groups is 1. The van der Waals surface area contributed by atoms with E-state index < -0.39 is 10.9 Å². The second-order valence-electron chi connectivity index (χ2n) is 4.11. The van der Waals surface area contributed by atoms with E-state index in [0.29, 0.717) is 4.90 Å². The number of rotatable bonds is 4. The van der Waals surface area contributed by atoms with E-state index >= 15 is 0 Å². The molecule has 0 unspecified atom stereocenters. The van der Waals surface area contributed by atoms with Crippen molar-refractivity contribution < 1.29 is 14.8 Å². The molecular formula is C14H11NO4S. The Hall–Kier alpha value is -2.34. The third-order valence-electron chi connectivity index (χ3n) is 2.72. The van der Waals surface area contributed by atoms with Crippen LogP contribution in [-0.2, 0) is 0 Å². The molecule has 1 N–H and O–H groups in total. The van der Waals surface area contributed by atoms with Gasteiger partial charge in [-0.2, -0.15) is 0 Å². The van der Waals surface area contributed by atoms with Gasteiger partial charge >= 0.3 is 5.97 Å². The lowest BCUT2D eigenvalue weighted by atomic mass is 10.2. The second-order valence-corrected chi connectivity index (χ2v) is 5.20. The fourth-order valence-electron chi connectivity index (χ4n) is 1.67. The summed E-state index contributed by atoms with van der Waals surface area (Å²) in [6.07, 6.45) is 0. The summed E-state index contributed by atoms with van der Waals surface area (Å²) in [6, 6.07) is 11.3. The summed E-state index contributed by atoms with van der Waals surface area (Å²) in [5.74, 6) is -1.11. The molecule has 0 atom stereocenters. The molecule has 0 saturated heterocycles. The zero-order chi connectivity index (χ0) is 14.7. The minimum atomic E-state index is -1.11. The van der Waals surface area contributed by atoms with Crippen LogP contribution in [0.5, 0.6) is 0 Å². The fourth-order valence-corrected chi connectivity index (χ4v) is 2.71. The predicted octanol–water partition coefficient (Wildman–Crippen LogP) is 3.75. The Morgan fingerprint density at radius 3 is 2.50 bits per heavy atom. The van der Waals surface area contributed by atoms with Crippen molar-refractivity contribution in [2.24, 2.45) is 0 Å². The van der Waals surface area contributed by atoms with Gasteiger partial charge in [0.1, 0.15) is 0 Å². The van der Waals surface area contributed by atoms with Crippen molar-refractivity contribution in [1.29, 1.82) is 0 Å². The molecule has 0 heterocycles. The van der Waals surface area contributed by atoms with E-state index in [9.17, 15) is 14.9 Å². The van der Waals surface area contributed by atoms with Crippen molar-refractivity contribution in [3.63, 3.8) is 0 Å². The Morgan fingerprint density at radius 1 is 1.20 bits per heavy atom. The van der Waals surface area contributed by atoms with Gasteiger partial charge in [0, 0.05) is 11.0 Å². The smallest absolute Gasteiger partial charge is 0.335 e. The van der Waals surface area contributed by atoms with E-state index in [1.54, 1.807) is 0 Å². The first-order valence-electron chi connectivity index (χ1n) is 5.74. The Bertz CT molecular complexity index is 685. The van der Waals surface area contributed by atoms with Crippen LogP contribution < -0.4 is 0 Å². The molecule has 0 radical (unpaired) electrons. The molecule has 2 rings (SSSR count). The molecule has 2 aromatic rings. The summed E-state index contributed by atoms with van der Waals surface area (Å²) >= 11 is 1.20. The number of benzene rings is 2. The van der Waals surface area contributed by atoms with Gasteiger partial charge in [-0.05, 0) is 30.7 Å². The first-order valence-corrected chi connectivity index (χ1v) is 6.56. The Morgan fingerprint density at radius 2 is 1.90 bits per heavy atom. The molecule has 6 heteroatoms. The lowest BCUT2D eigenvalue weighted by Gasteiger charge is -2.06. The summed E-state index contributed by atoms with van der Waals surface area (Å²) in [4.78, 5) is 22.7. The summed E-state index contributed by atoms with van der Waals surface area (Å²) in [5.41, 5.74) is 0.919. The quantitative estimate of drug-likeness (QED) is 0.684. The zero-order valence-electron chi connectivity index (χ0n) is 10.6. The molecule has 0 spiro atoms. The second kappa shape index (κ2) is 5.75. The number of aryl methyl sites for hydroxylation is 1. The molecule has 0 aliphatic rings. The third-order valence-corrected chi connectivity index (χ3v) is 3.94. The molecule has 0 amide bonds. The molecule has 5 nitrogen and oxygen atoms in total. The number of hydrogen-bond acceptors (Lipinski definition) is 4. The van der Waals surface area contributed by atoms with E-state index in [-0.39, 0.29) is 11.3 Å². The van der Waals surface area contributed by atoms with Gasteiger partial charge in [0.2, 0.25) is 0 Å². The van der Waals surface area contributed by atoms with Gasteiger partial charge in [-0.1, -0.05) is 30.0 Å². The summed E-state index contributed by atoms with van der Waals surface area (Å²) in [7, 11) is 0. The van der Waals surface area contributed by atoms with E-state index in [0.717, 1.165) is 10.5 Å². The Kier molecular flexibility index (Phi) is 4.05. The molecule has 0 aromatic heterocycles. The standard InChI is InChI=1S/C14H11NO4S/c1-9-4-2-3-5-12(9)20-13-8-10(14(16)17)6-7-11(13)15(18)19/h2-8H,1H3,(H,16,17). The highest BCUT2D eigenvalue weighted by Crippen LogP contribution is 2.36. The molecule has 2 aromatic carbocycles. The molecule has 0 fully saturated rings. The SMILES string of the molecule is Cc1ccccc1Sc1cc(C(=O)O)ccc1[N+](=O)[O-]. The normalized spacial score (nSPS) is 10.2. The lowest BCUT2D eigenvalue weighted by Crippen LogP contribution is -1.98. The maximum absolute atomic E-state index is 11.0. The Balaban J connectivity index is 2.48. The van der Waals surface area contributed by atoms with Gasteiger partial charge < -0.3 is 5.11 Å². The highest BCUT2D eigenvalue weighted by atomic mass is 32.2. The van der Waals surface area contributed by atoms with Crippen LogP contribution >= 0.6 is 11.8 Å². The monoisotopic (exact) mass is 289 g/mol. The minimum absolute atomic E-state index is 0.0340. The van der Waals surface area contributed by atoms with E-state index in [2.05, 4.69) is 0 Å². The molecule has 20 heavy (non-hydrogen) atoms. The summed E-state index contributed by atoms with van der Waals surface area (Å²) in [5, 5.41) is 20.0. The molecule has 0 saturated carbocycles. The van der Waals surface area contributed by atoms with Crippen molar-refractivity contribution in [2.45, 2.75) is 16.7 Å². The number of nitro benzene ring substituents is 1. The number of carboxylic acids is 1. The van der Waals surface area contributed by atoms with Gasteiger partial charge in [-0.25, -0.2) is 4.79 Å². The highest BCUT2D eigenvalue weighted by Gasteiger charge is 2.18. The largest absolute Gasteiger partial charge is 0.478 e. The number of aromatic carboxylic acids is 1. The molecular weight excluding hydrogens is 278 g/mol. The summed E-state index contributed by atoms with van der Waals surface area (Å²) < 4.78 is 0. The minimum Gasteiger partial charge on any atom is -0.478 e. The summed E-state index contributed by atoms with van der Waals surface area (Å²) in [6.45, 7) is 1.90. The molecule has 102 valence electrons. The maximum Gasteiger partial charge on any atom is 0.335 e. The van der Waals surface area contributed by atoms with Gasteiger partial charge in [0.25, 0.3) is 5.69 Å². The van der Waals surface area contributed by atoms with Crippen molar-refractivity contribution in [3.8, 4) is 0 Å². The average molecular weight is 289 g/mol. The van der Waals surface area contributed by atoms with E-state index in [1.165, 1.54) is 30.0 Å². The van der Waals surface area contributed by atoms with Crippen molar-refractivity contribution in [3.05, 3.63) is 63.7 Å². The molecule has 0 bridgehead atoms. The van der Waals surface area contributed by atoms with Crippen LogP contribution in [0.1, 0.15) is 15.9 Å². The first kappa shape index (κ1) is 14.1. The van der Waals surface area contributed by atoms with Crippen LogP contribution in [-0.4, -0.2) is 16.0 Å². The van der Waals surface area contributed by atoms with Crippen molar-refractivity contribution >= 4 is 23.4 Å². The first-order chi connectivity index (χ1) is 9.49. The van der Waals surface area contributed by atoms with Crippen LogP contribution in [0.3, 0.4) is 0 Å². The zero-order valence-corrected chi connectivity index (χ0v) is 11.4. The van der Waals surface area contributed by atoms with Gasteiger partial charge in [-0.3, -0.25) is 10.1 Å². The number of carboxylic acid groups (broad SMARTS) is 1. The van der Waals surface area contributed by atoms with Crippen molar-refractivity contribution in [1.82, 2.24) is 0 Å². The van der Waals surface area contributed by atoms with Crippen LogP contribution in [0.25, 0.3) is 0 Å². The maximum atomic E-state index is 11.0. The van der Waals surface area contributed by atoms with Crippen LogP contribution in [0.2, 0.25) is 0 Å². The molecule has 0 aliphatic carbocycles. The molecule has 0 aliphatic heterocycles. The number of hydrogen-bond donors (Lipinski definition) is 1. The lowest BCUT2D eigenvalue weighted by molar-refractivity contribution is -0.387. The number of nitrogens with zero attached hydrogens (tertiary/aromatic N) is 1. The Labute approximate surface area is 119 Å². The van der Waals surface area contributed by atoms with Gasteiger partial charge in [-0.15, -0.1) is 0 Å². The van der Waals surface area contributed by atoms with E-state index in [1.807, 2.05) is 31.2 Å². The average Bonchev–Trinajstić information content (AvgIpc) is 2.41. The third kappa shape index (κ3) is 2.97. The van der Waals surface area contributed by atoms with Crippen LogP contribution in [0, 0.1) is 17.0 Å². The van der Waals surface area contributed by atoms with Crippen molar-refractivity contribution in [2.75, 3.05) is 0 Å². The van der Waals surface area contributed by atoms with Crippen LogP contribution in [0.15, 0.2) is 52.3 Å².